The molecule has 0 fully saturated rings. The van der Waals surface area contributed by atoms with Crippen molar-refractivity contribution in [1.82, 2.24) is 0 Å². The highest BCUT2D eigenvalue weighted by Crippen LogP contribution is 2.23. The molecule has 3 N–H and O–H groups in total. The topological polar surface area (TPSA) is 104 Å². The molecule has 2 aromatic carbocycles. The first-order valence-corrected chi connectivity index (χ1v) is 8.17. The summed E-state index contributed by atoms with van der Waals surface area (Å²) >= 11 is 0. The van der Waals surface area contributed by atoms with Gasteiger partial charge in [0.05, 0.1) is 17.1 Å². The summed E-state index contributed by atoms with van der Waals surface area (Å²) in [7, 11) is 0. The van der Waals surface area contributed by atoms with Gasteiger partial charge in [0.25, 0.3) is 5.69 Å². The van der Waals surface area contributed by atoms with Gasteiger partial charge >= 0.3 is 0 Å². The summed E-state index contributed by atoms with van der Waals surface area (Å²) in [6.45, 7) is 1.81. The molecule has 0 aromatic heterocycles. The van der Waals surface area contributed by atoms with Crippen LogP contribution >= 0.6 is 0 Å². The minimum absolute atomic E-state index is 0.0194. The van der Waals surface area contributed by atoms with Crippen molar-refractivity contribution in [2.45, 2.75) is 32.0 Å². The number of non-ortho nitro benzene ring substituents is 1. The number of rotatable bonds is 7. The van der Waals surface area contributed by atoms with Crippen LogP contribution in [-0.4, -0.2) is 20.2 Å². The predicted molar refractivity (Wildman–Crippen MR) is 97.6 cm³/mol. The van der Waals surface area contributed by atoms with E-state index in [1.807, 2.05) is 6.92 Å². The van der Waals surface area contributed by atoms with Crippen LogP contribution in [0.15, 0.2) is 65.9 Å². The number of phenols is 1. The lowest BCUT2D eigenvalue weighted by Gasteiger charge is -2.10. The fourth-order valence-electron chi connectivity index (χ4n) is 2.50. The Morgan fingerprint density at radius 3 is 2.46 bits per heavy atom. The highest BCUT2D eigenvalue weighted by molar-refractivity contribution is 5.34. The van der Waals surface area contributed by atoms with Gasteiger partial charge in [-0.25, -0.2) is 0 Å². The maximum absolute atomic E-state index is 10.6. The van der Waals surface area contributed by atoms with Crippen molar-refractivity contribution < 1.29 is 20.2 Å². The van der Waals surface area contributed by atoms with Crippen LogP contribution in [0.5, 0.6) is 5.75 Å². The average Bonchev–Trinajstić information content (AvgIpc) is 2.61. The van der Waals surface area contributed by atoms with E-state index in [4.69, 9.17) is 0 Å². The van der Waals surface area contributed by atoms with E-state index in [-0.39, 0.29) is 11.4 Å². The molecule has 0 aliphatic rings. The molecule has 0 saturated heterocycles. The number of aliphatic hydroxyl groups excluding tert-OH is 2. The smallest absolute Gasteiger partial charge is 0.269 e. The van der Waals surface area contributed by atoms with Gasteiger partial charge in [0, 0.05) is 25.0 Å². The number of phenolic OH excluding ortho intramolecular Hbond substituents is 1. The van der Waals surface area contributed by atoms with E-state index >= 15 is 0 Å². The lowest BCUT2D eigenvalue weighted by Crippen LogP contribution is -1.98. The van der Waals surface area contributed by atoms with E-state index in [2.05, 4.69) is 5.73 Å². The van der Waals surface area contributed by atoms with E-state index in [0.29, 0.717) is 24.0 Å². The normalized spacial score (nSPS) is 12.7. The van der Waals surface area contributed by atoms with Crippen LogP contribution in [0.4, 0.5) is 5.69 Å². The standard InChI is InChI=1S/C20H21NO5/c1-14(4-2-7-19(23)16-5-3-6-18(22)13-16)12-20(24)15-8-10-17(11-9-15)21(25)26/h2-3,5-6,8-11,13,19-20,22-24H,7,12H2,1H3/t4?,19-,20-/m1/s1. The number of benzene rings is 2. The first-order chi connectivity index (χ1) is 12.4. The Hall–Kier alpha value is -2.92. The molecule has 136 valence electrons. The fourth-order valence-corrected chi connectivity index (χ4v) is 2.50. The SMILES string of the molecule is CC(=C=CC[C@@H](O)c1cccc(O)c1)C[C@@H](O)c1ccc([N+](=O)[O-])cc1. The molecule has 0 aliphatic carbocycles. The number of nitro benzene ring substituents is 1. The van der Waals surface area contributed by atoms with Crippen LogP contribution in [0.25, 0.3) is 0 Å². The molecule has 0 aliphatic heterocycles. The van der Waals surface area contributed by atoms with E-state index in [9.17, 15) is 25.4 Å². The highest BCUT2D eigenvalue weighted by Gasteiger charge is 2.11. The molecule has 2 aromatic rings. The van der Waals surface area contributed by atoms with Crippen molar-refractivity contribution in [3.63, 3.8) is 0 Å². The summed E-state index contributed by atoms with van der Waals surface area (Å²) in [4.78, 5) is 10.2. The second kappa shape index (κ2) is 8.97. The van der Waals surface area contributed by atoms with Crippen molar-refractivity contribution in [2.75, 3.05) is 0 Å². The molecule has 0 bridgehead atoms. The Morgan fingerprint density at radius 1 is 1.15 bits per heavy atom. The summed E-state index contributed by atoms with van der Waals surface area (Å²) in [6.07, 6.45) is 0.812. The zero-order chi connectivity index (χ0) is 19.1. The second-order valence-electron chi connectivity index (χ2n) is 6.04. The number of nitro groups is 1. The molecule has 0 radical (unpaired) electrons. The first-order valence-electron chi connectivity index (χ1n) is 8.17. The number of hydrogen-bond acceptors (Lipinski definition) is 5. The molecular formula is C20H21NO5. The third kappa shape index (κ3) is 5.57. The van der Waals surface area contributed by atoms with Crippen molar-refractivity contribution in [1.29, 1.82) is 0 Å². The molecule has 0 heterocycles. The number of aromatic hydroxyl groups is 1. The van der Waals surface area contributed by atoms with Crippen LogP contribution in [0.3, 0.4) is 0 Å². The van der Waals surface area contributed by atoms with Crippen molar-refractivity contribution in [3.8, 4) is 5.75 Å². The first kappa shape index (κ1) is 19.4. The minimum Gasteiger partial charge on any atom is -0.508 e. The molecule has 6 nitrogen and oxygen atoms in total. The molecule has 0 unspecified atom stereocenters. The number of hydrogen-bond donors (Lipinski definition) is 3. The van der Waals surface area contributed by atoms with E-state index < -0.39 is 17.1 Å². The lowest BCUT2D eigenvalue weighted by molar-refractivity contribution is -0.384. The molecule has 6 heteroatoms. The minimum atomic E-state index is -0.785. The Kier molecular flexibility index (Phi) is 6.69. The Balaban J connectivity index is 1.95. The van der Waals surface area contributed by atoms with Gasteiger partial charge in [0.15, 0.2) is 0 Å². The quantitative estimate of drug-likeness (QED) is 0.396. The Labute approximate surface area is 151 Å². The summed E-state index contributed by atoms with van der Waals surface area (Å²) in [5.74, 6) is 0.100. The summed E-state index contributed by atoms with van der Waals surface area (Å²) < 4.78 is 0. The predicted octanol–water partition coefficient (Wildman–Crippen LogP) is 3.95. The molecule has 2 rings (SSSR count). The summed E-state index contributed by atoms with van der Waals surface area (Å²) in [6, 6.07) is 12.2. The molecule has 0 saturated carbocycles. The third-order valence-electron chi connectivity index (χ3n) is 3.93. The van der Waals surface area contributed by atoms with E-state index in [1.165, 1.54) is 36.4 Å². The van der Waals surface area contributed by atoms with Gasteiger partial charge in [-0.1, -0.05) is 12.1 Å². The maximum Gasteiger partial charge on any atom is 0.269 e. The van der Waals surface area contributed by atoms with Crippen LogP contribution in [0, 0.1) is 10.1 Å². The monoisotopic (exact) mass is 355 g/mol. The molecular weight excluding hydrogens is 334 g/mol. The third-order valence-corrected chi connectivity index (χ3v) is 3.93. The van der Waals surface area contributed by atoms with Gasteiger partial charge in [0.2, 0.25) is 0 Å². The second-order valence-corrected chi connectivity index (χ2v) is 6.04. The molecule has 0 spiro atoms. The van der Waals surface area contributed by atoms with Gasteiger partial charge in [-0.2, -0.15) is 0 Å². The largest absolute Gasteiger partial charge is 0.508 e. The van der Waals surface area contributed by atoms with Gasteiger partial charge in [-0.15, -0.1) is 5.73 Å². The zero-order valence-electron chi connectivity index (χ0n) is 14.4. The van der Waals surface area contributed by atoms with Gasteiger partial charge in [0.1, 0.15) is 5.75 Å². The van der Waals surface area contributed by atoms with Gasteiger partial charge < -0.3 is 15.3 Å². The van der Waals surface area contributed by atoms with Crippen molar-refractivity contribution >= 4 is 5.69 Å². The van der Waals surface area contributed by atoms with E-state index in [1.54, 1.807) is 18.2 Å². The Morgan fingerprint density at radius 2 is 1.85 bits per heavy atom. The number of aliphatic hydroxyl groups is 2. The van der Waals surface area contributed by atoms with Crippen molar-refractivity contribution in [3.05, 3.63) is 87.2 Å². The molecule has 0 amide bonds. The highest BCUT2D eigenvalue weighted by atomic mass is 16.6. The molecule has 26 heavy (non-hydrogen) atoms. The number of nitrogens with zero attached hydrogens (tertiary/aromatic N) is 1. The van der Waals surface area contributed by atoms with Gasteiger partial charge in [-0.3, -0.25) is 10.1 Å². The van der Waals surface area contributed by atoms with Crippen molar-refractivity contribution in [2.24, 2.45) is 0 Å². The lowest BCUT2D eigenvalue weighted by atomic mass is 10.0. The molecule has 2 atom stereocenters. The van der Waals surface area contributed by atoms with Crippen LogP contribution in [0.1, 0.15) is 43.1 Å². The summed E-state index contributed by atoms with van der Waals surface area (Å²) in [5.41, 5.74) is 5.01. The Bertz CT molecular complexity index is 822. The maximum atomic E-state index is 10.6. The van der Waals surface area contributed by atoms with Crippen LogP contribution in [-0.2, 0) is 0 Å². The van der Waals surface area contributed by atoms with Gasteiger partial charge in [-0.05, 0) is 54.0 Å². The van der Waals surface area contributed by atoms with E-state index in [0.717, 1.165) is 5.57 Å². The van der Waals surface area contributed by atoms with Crippen LogP contribution in [0.2, 0.25) is 0 Å². The van der Waals surface area contributed by atoms with Crippen LogP contribution < -0.4 is 0 Å². The average molecular weight is 355 g/mol. The fraction of sp³-hybridized carbons (Fsp3) is 0.250. The summed E-state index contributed by atoms with van der Waals surface area (Å²) in [5, 5.41) is 40.4. The zero-order valence-corrected chi connectivity index (χ0v) is 14.4.